The van der Waals surface area contributed by atoms with Crippen LogP contribution in [0.25, 0.3) is 10.9 Å². The van der Waals surface area contributed by atoms with E-state index in [9.17, 15) is 53.1 Å². The highest BCUT2D eigenvalue weighted by atomic mass is 16.4. The molecule has 4 rings (SSSR count). The number of benzene rings is 2. The number of aliphatic imine (C=N–C) groups is 2. The molecule has 0 bridgehead atoms. The first-order valence-corrected chi connectivity index (χ1v) is 24.8. The summed E-state index contributed by atoms with van der Waals surface area (Å²) in [6, 6.07) is 5.19. The zero-order chi connectivity index (χ0) is 55.7. The van der Waals surface area contributed by atoms with Crippen LogP contribution in [0.2, 0.25) is 0 Å². The molecule has 20 N–H and O–H groups in total. The summed E-state index contributed by atoms with van der Waals surface area (Å²) in [6.45, 7) is 1.20. The van der Waals surface area contributed by atoms with Crippen LogP contribution in [0.3, 0.4) is 0 Å². The van der Waals surface area contributed by atoms with Crippen molar-refractivity contribution in [1.29, 1.82) is 0 Å². The van der Waals surface area contributed by atoms with Crippen molar-refractivity contribution in [3.63, 3.8) is 0 Å². The van der Waals surface area contributed by atoms with Gasteiger partial charge < -0.3 is 81.3 Å². The smallest absolute Gasteiger partial charge is 0.326 e. The van der Waals surface area contributed by atoms with Crippen LogP contribution in [0.4, 0.5) is 0 Å². The van der Waals surface area contributed by atoms with Gasteiger partial charge >= 0.3 is 5.97 Å². The molecule has 27 heteroatoms. The van der Waals surface area contributed by atoms with Crippen LogP contribution in [0, 0.1) is 0 Å². The van der Waals surface area contributed by atoms with Gasteiger partial charge in [0.1, 0.15) is 42.3 Å². The molecule has 1 unspecified atom stereocenters. The molecule has 1 saturated heterocycles. The summed E-state index contributed by atoms with van der Waals surface area (Å²) in [5.74, 6) is -9.69. The number of hydrogen-bond acceptors (Lipinski definition) is 12. The van der Waals surface area contributed by atoms with Crippen LogP contribution in [0.5, 0.6) is 0 Å². The number of guanidine groups is 2. The summed E-state index contributed by atoms with van der Waals surface area (Å²) in [6.07, 6.45) is 0.0956. The third kappa shape index (κ3) is 20.6. The van der Waals surface area contributed by atoms with E-state index in [4.69, 9.17) is 28.7 Å². The van der Waals surface area contributed by atoms with Gasteiger partial charge in [0.2, 0.25) is 53.2 Å². The SMILES string of the molecule is CC(=O)N[C@@H](CCCN=C(N)N)C(=O)N[C@H]1CC(=O)NCCCCC(C(=O)O)NC(=O)[C@H](Cc2c[nH]c3ccccc23)NC(=O)[C@H](CCCN=C(N)N)NC(=O)[C@@H](Cc2ccccc2)NC(=O)[C@H](CCC(N)=O)NC1=O. The van der Waals surface area contributed by atoms with Crippen LogP contribution in [-0.4, -0.2) is 143 Å². The number of carbonyl (C=O) groups is 10. The number of fused-ring (bicyclic) bond motifs is 1. The molecular formula is C49H70N16O11. The summed E-state index contributed by atoms with van der Waals surface area (Å²) in [4.78, 5) is 147. The van der Waals surface area contributed by atoms with Crippen LogP contribution < -0.4 is 71.2 Å². The van der Waals surface area contributed by atoms with Crippen LogP contribution in [0.1, 0.15) is 82.3 Å². The van der Waals surface area contributed by atoms with Gasteiger partial charge in [-0.15, -0.1) is 0 Å². The maximum absolute atomic E-state index is 14.6. The van der Waals surface area contributed by atoms with Crippen molar-refractivity contribution in [3.05, 3.63) is 71.9 Å². The number of carbonyl (C=O) groups excluding carboxylic acids is 9. The van der Waals surface area contributed by atoms with E-state index in [1.54, 1.807) is 54.7 Å². The zero-order valence-corrected chi connectivity index (χ0v) is 42.2. The maximum atomic E-state index is 14.6. The number of carboxylic acids is 1. The molecule has 3 aromatic rings. The van der Waals surface area contributed by atoms with Gasteiger partial charge in [-0.25, -0.2) is 4.79 Å². The van der Waals surface area contributed by atoms with Crippen molar-refractivity contribution >= 4 is 82.0 Å². The lowest BCUT2D eigenvalue weighted by atomic mass is 10.0. The van der Waals surface area contributed by atoms with Crippen molar-refractivity contribution in [1.82, 2.24) is 47.5 Å². The number of aromatic amines is 1. The van der Waals surface area contributed by atoms with E-state index >= 15 is 0 Å². The minimum atomic E-state index is -1.72. The molecule has 2 aromatic carbocycles. The first-order valence-electron chi connectivity index (χ1n) is 24.8. The first kappa shape index (κ1) is 59.8. The van der Waals surface area contributed by atoms with Crippen molar-refractivity contribution in [2.45, 2.75) is 126 Å². The van der Waals surface area contributed by atoms with E-state index in [-0.39, 0.29) is 89.3 Å². The molecule has 0 radical (unpaired) electrons. The Kier molecular flexibility index (Phi) is 23.9. The number of amides is 9. The largest absolute Gasteiger partial charge is 0.480 e. The van der Waals surface area contributed by atoms with Crippen LogP contribution in [-0.2, 0) is 60.8 Å². The van der Waals surface area contributed by atoms with E-state index in [2.05, 4.69) is 57.5 Å². The number of rotatable bonds is 19. The fourth-order valence-electron chi connectivity index (χ4n) is 8.19. The Morgan fingerprint density at radius 1 is 0.697 bits per heavy atom. The van der Waals surface area contributed by atoms with E-state index in [0.29, 0.717) is 11.1 Å². The molecule has 9 amide bonds. The molecule has 0 saturated carbocycles. The second kappa shape index (κ2) is 30.4. The monoisotopic (exact) mass is 1060 g/mol. The highest BCUT2D eigenvalue weighted by Crippen LogP contribution is 2.20. The van der Waals surface area contributed by atoms with E-state index < -0.39 is 121 Å². The number of aromatic nitrogens is 1. The predicted molar refractivity (Wildman–Crippen MR) is 279 cm³/mol. The lowest BCUT2D eigenvalue weighted by Gasteiger charge is -2.28. The fraction of sp³-hybridized carbons (Fsp3) is 0.469. The second-order valence-electron chi connectivity index (χ2n) is 18.2. The van der Waals surface area contributed by atoms with Crippen molar-refractivity contribution in [2.75, 3.05) is 19.6 Å². The third-order valence-corrected chi connectivity index (χ3v) is 12.1. The summed E-state index contributed by atoms with van der Waals surface area (Å²) in [7, 11) is 0. The number of nitrogens with two attached hydrogens (primary N) is 5. The van der Waals surface area contributed by atoms with E-state index in [1.807, 2.05) is 6.07 Å². The van der Waals surface area contributed by atoms with Crippen molar-refractivity contribution in [2.24, 2.45) is 38.7 Å². The van der Waals surface area contributed by atoms with Crippen molar-refractivity contribution in [3.8, 4) is 0 Å². The number of aliphatic carboxylic acids is 1. The van der Waals surface area contributed by atoms with E-state index in [0.717, 1.165) is 17.8 Å². The van der Waals surface area contributed by atoms with Gasteiger partial charge in [0.05, 0.1) is 6.42 Å². The number of nitrogens with one attached hydrogen (secondary N) is 9. The number of hydrogen-bond donors (Lipinski definition) is 15. The van der Waals surface area contributed by atoms with Gasteiger partial charge in [-0.05, 0) is 68.6 Å². The van der Waals surface area contributed by atoms with Crippen LogP contribution in [0.15, 0.2) is 70.8 Å². The number of primary amides is 1. The highest BCUT2D eigenvalue weighted by Gasteiger charge is 2.35. The lowest BCUT2D eigenvalue weighted by Crippen LogP contribution is -2.60. The van der Waals surface area contributed by atoms with Gasteiger partial charge in [0.15, 0.2) is 11.9 Å². The molecule has 2 heterocycles. The van der Waals surface area contributed by atoms with E-state index in [1.165, 1.54) is 0 Å². The average Bonchev–Trinajstić information content (AvgIpc) is 3.77. The van der Waals surface area contributed by atoms with Gasteiger partial charge in [0.25, 0.3) is 0 Å². The summed E-state index contributed by atoms with van der Waals surface area (Å²) in [5, 5.41) is 31.6. The highest BCUT2D eigenvalue weighted by molar-refractivity contribution is 5.99. The van der Waals surface area contributed by atoms with Gasteiger partial charge in [0, 0.05) is 62.9 Å². The Balaban J connectivity index is 1.79. The molecule has 412 valence electrons. The summed E-state index contributed by atoms with van der Waals surface area (Å²) in [5.41, 5.74) is 29.3. The van der Waals surface area contributed by atoms with Gasteiger partial charge in [-0.2, -0.15) is 0 Å². The number of H-pyrrole nitrogens is 1. The molecule has 1 fully saturated rings. The van der Waals surface area contributed by atoms with Crippen molar-refractivity contribution < 1.29 is 53.1 Å². The Hall–Kier alpha value is -8.78. The topological polar surface area (TPSA) is 458 Å². The first-order chi connectivity index (χ1) is 36.2. The molecule has 1 aliphatic rings. The maximum Gasteiger partial charge on any atom is 0.326 e. The Morgan fingerprint density at radius 2 is 1.28 bits per heavy atom. The summed E-state index contributed by atoms with van der Waals surface area (Å²) >= 11 is 0. The fourth-order valence-corrected chi connectivity index (χ4v) is 8.19. The molecule has 1 aromatic heterocycles. The standard InChI is InChI=1S/C49H70N16O11/c1-27(66)59-32(16-9-21-56-48(51)52)41(69)65-38-25-40(68)55-20-8-7-15-35(47(75)76)62-45(73)37(24-29-26-58-31-14-6-5-13-30(29)31)64-42(70)33(17-10-22-57-49(53)54)60-44(72)36(23-28-11-3-2-4-12-28)63-43(71)34(61-46(38)74)18-19-39(50)67/h2-6,11-14,26,32-38,58H,7-10,15-25H2,1H3,(H2,50,67)(H,55,68)(H,59,66)(H,60,72)(H,61,74)(H,62,73)(H,63,71)(H,64,70)(H,65,69)(H,75,76)(H4,51,52,56)(H4,53,54,57)/t32-,33-,34-,35?,36+,37-,38-/m0/s1. The Bertz CT molecular complexity index is 2580. The van der Waals surface area contributed by atoms with Crippen LogP contribution >= 0.6 is 0 Å². The average molecular weight is 1060 g/mol. The summed E-state index contributed by atoms with van der Waals surface area (Å²) < 4.78 is 0. The molecule has 76 heavy (non-hydrogen) atoms. The zero-order valence-electron chi connectivity index (χ0n) is 42.2. The Labute approximate surface area is 437 Å². The molecule has 0 aliphatic carbocycles. The normalized spacial score (nSPS) is 20.9. The minimum absolute atomic E-state index is 0.0153. The lowest BCUT2D eigenvalue weighted by molar-refractivity contribution is -0.142. The number of para-hydroxylation sites is 1. The molecular weight excluding hydrogens is 989 g/mol. The van der Waals surface area contributed by atoms with Gasteiger partial charge in [-0.1, -0.05) is 48.5 Å². The van der Waals surface area contributed by atoms with Gasteiger partial charge in [-0.3, -0.25) is 53.1 Å². The minimum Gasteiger partial charge on any atom is -0.480 e. The number of carboxylic acid groups (broad SMARTS) is 1. The third-order valence-electron chi connectivity index (χ3n) is 12.1. The Morgan fingerprint density at radius 3 is 1.92 bits per heavy atom. The number of nitrogens with zero attached hydrogens (tertiary/aromatic N) is 2. The molecule has 1 aliphatic heterocycles. The molecule has 27 nitrogen and oxygen atoms in total. The molecule has 0 spiro atoms. The predicted octanol–water partition coefficient (Wildman–Crippen LogP) is -3.49. The quantitative estimate of drug-likeness (QED) is 0.0315. The second-order valence-corrected chi connectivity index (χ2v) is 18.2. The molecule has 7 atom stereocenters.